The third kappa shape index (κ3) is 6.88. The molecule has 0 saturated carbocycles. The number of aliphatic hydroxyl groups is 1. The highest BCUT2D eigenvalue weighted by atomic mass is 16.5. The van der Waals surface area contributed by atoms with E-state index in [9.17, 15) is 5.11 Å². The Balaban J connectivity index is 3.63. The first-order chi connectivity index (χ1) is 7.15. The van der Waals surface area contributed by atoms with Crippen LogP contribution in [0.5, 0.6) is 0 Å². The fourth-order valence-corrected chi connectivity index (χ4v) is 1.67. The molecule has 3 heteroatoms. The van der Waals surface area contributed by atoms with Crippen LogP contribution < -0.4 is 5.32 Å². The maximum Gasteiger partial charge on any atom is 0.0692 e. The highest BCUT2D eigenvalue weighted by Crippen LogP contribution is 2.12. The topological polar surface area (TPSA) is 41.5 Å². The predicted octanol–water partition coefficient (Wildman–Crippen LogP) is 1.80. The van der Waals surface area contributed by atoms with Gasteiger partial charge >= 0.3 is 0 Å². The van der Waals surface area contributed by atoms with Gasteiger partial charge < -0.3 is 15.2 Å². The molecule has 0 rings (SSSR count). The number of nitrogens with one attached hydrogen (secondary N) is 1. The maximum absolute atomic E-state index is 9.88. The second-order valence-corrected chi connectivity index (χ2v) is 4.11. The number of hydrogen-bond donors (Lipinski definition) is 2. The number of ether oxygens (including phenoxy) is 1. The van der Waals surface area contributed by atoms with Gasteiger partial charge in [0.1, 0.15) is 0 Å². The second-order valence-electron chi connectivity index (χ2n) is 4.11. The van der Waals surface area contributed by atoms with Crippen molar-refractivity contribution in [1.29, 1.82) is 0 Å². The van der Waals surface area contributed by atoms with Crippen molar-refractivity contribution in [1.82, 2.24) is 5.32 Å². The van der Waals surface area contributed by atoms with E-state index in [4.69, 9.17) is 4.74 Å². The summed E-state index contributed by atoms with van der Waals surface area (Å²) in [5.41, 5.74) is 0. The monoisotopic (exact) mass is 217 g/mol. The normalized spacial score (nSPS) is 15.6. The summed E-state index contributed by atoms with van der Waals surface area (Å²) in [6.07, 6.45) is 1.85. The molecule has 0 aromatic rings. The largest absolute Gasteiger partial charge is 0.392 e. The van der Waals surface area contributed by atoms with Crippen LogP contribution in [-0.2, 0) is 4.74 Å². The zero-order chi connectivity index (χ0) is 11.7. The number of hydrogen-bond acceptors (Lipinski definition) is 3. The Bertz CT molecular complexity index is 138. The Hall–Kier alpha value is -0.120. The zero-order valence-electron chi connectivity index (χ0n) is 10.6. The van der Waals surface area contributed by atoms with Gasteiger partial charge in [-0.1, -0.05) is 26.7 Å². The number of rotatable bonds is 9. The molecule has 0 fully saturated rings. The molecule has 2 N–H and O–H groups in total. The van der Waals surface area contributed by atoms with Gasteiger partial charge in [-0.3, -0.25) is 0 Å². The van der Waals surface area contributed by atoms with Crippen molar-refractivity contribution in [2.75, 3.05) is 19.8 Å². The van der Waals surface area contributed by atoms with Crippen molar-refractivity contribution in [2.24, 2.45) is 5.92 Å². The minimum Gasteiger partial charge on any atom is -0.392 e. The van der Waals surface area contributed by atoms with Crippen LogP contribution in [0.4, 0.5) is 0 Å². The van der Waals surface area contributed by atoms with Crippen molar-refractivity contribution in [3.63, 3.8) is 0 Å². The zero-order valence-corrected chi connectivity index (χ0v) is 10.6. The molecule has 0 aliphatic rings. The summed E-state index contributed by atoms with van der Waals surface area (Å²) in [6.45, 7) is 10.5. The molecule has 0 aromatic carbocycles. The van der Waals surface area contributed by atoms with Gasteiger partial charge in [-0.15, -0.1) is 0 Å². The minimum absolute atomic E-state index is 0.232. The summed E-state index contributed by atoms with van der Waals surface area (Å²) in [6, 6.07) is 0.314. The van der Waals surface area contributed by atoms with E-state index in [0.717, 1.165) is 19.4 Å². The molecule has 0 aliphatic carbocycles. The first-order valence-electron chi connectivity index (χ1n) is 6.14. The lowest BCUT2D eigenvalue weighted by molar-refractivity contribution is 0.0859. The maximum atomic E-state index is 9.88. The Morgan fingerprint density at radius 2 is 1.80 bits per heavy atom. The van der Waals surface area contributed by atoms with E-state index < -0.39 is 0 Å². The van der Waals surface area contributed by atoms with Crippen LogP contribution in [-0.4, -0.2) is 37.0 Å². The van der Waals surface area contributed by atoms with Gasteiger partial charge in [0.2, 0.25) is 0 Å². The Morgan fingerprint density at radius 1 is 1.20 bits per heavy atom. The van der Waals surface area contributed by atoms with E-state index in [1.54, 1.807) is 0 Å². The molecule has 0 amide bonds. The first-order valence-corrected chi connectivity index (χ1v) is 6.14. The highest BCUT2D eigenvalue weighted by molar-refractivity contribution is 4.71. The van der Waals surface area contributed by atoms with Crippen molar-refractivity contribution in [3.8, 4) is 0 Å². The summed E-state index contributed by atoms with van der Waals surface area (Å²) >= 11 is 0. The summed E-state index contributed by atoms with van der Waals surface area (Å²) in [7, 11) is 0. The molecule has 2 atom stereocenters. The lowest BCUT2D eigenvalue weighted by Gasteiger charge is -2.22. The standard InChI is InChI=1S/C12H27NO2/c1-5-11(6-2)12(14)8-13-10(4)9-15-7-3/h10-14H,5-9H2,1-4H3. The van der Waals surface area contributed by atoms with Crippen molar-refractivity contribution >= 4 is 0 Å². The Morgan fingerprint density at radius 3 is 2.27 bits per heavy atom. The van der Waals surface area contributed by atoms with Gasteiger partial charge in [0.15, 0.2) is 0 Å². The Kier molecular flexibility index (Phi) is 9.06. The van der Waals surface area contributed by atoms with Crippen LogP contribution in [0, 0.1) is 5.92 Å². The van der Waals surface area contributed by atoms with Crippen molar-refractivity contribution in [3.05, 3.63) is 0 Å². The molecule has 0 saturated heterocycles. The van der Waals surface area contributed by atoms with Crippen molar-refractivity contribution in [2.45, 2.75) is 52.7 Å². The van der Waals surface area contributed by atoms with Crippen LogP contribution in [0.15, 0.2) is 0 Å². The fourth-order valence-electron chi connectivity index (χ4n) is 1.67. The molecular formula is C12H27NO2. The lowest BCUT2D eigenvalue weighted by Crippen LogP contribution is -2.39. The molecule has 0 radical (unpaired) electrons. The molecule has 0 aromatic heterocycles. The third-order valence-corrected chi connectivity index (χ3v) is 2.84. The average molecular weight is 217 g/mol. The molecule has 0 bridgehead atoms. The van der Waals surface area contributed by atoms with Crippen LogP contribution in [0.3, 0.4) is 0 Å². The van der Waals surface area contributed by atoms with E-state index in [1.165, 1.54) is 0 Å². The quantitative estimate of drug-likeness (QED) is 0.619. The van der Waals surface area contributed by atoms with Crippen LogP contribution in [0.25, 0.3) is 0 Å². The smallest absolute Gasteiger partial charge is 0.0692 e. The van der Waals surface area contributed by atoms with Crippen LogP contribution >= 0.6 is 0 Å². The minimum atomic E-state index is -0.232. The van der Waals surface area contributed by atoms with Gasteiger partial charge in [-0.05, 0) is 19.8 Å². The molecular weight excluding hydrogens is 190 g/mol. The lowest BCUT2D eigenvalue weighted by atomic mass is 9.96. The molecule has 0 aliphatic heterocycles. The highest BCUT2D eigenvalue weighted by Gasteiger charge is 2.15. The average Bonchev–Trinajstić information content (AvgIpc) is 2.25. The van der Waals surface area contributed by atoms with Gasteiger partial charge in [0.05, 0.1) is 12.7 Å². The summed E-state index contributed by atoms with van der Waals surface area (Å²) in [4.78, 5) is 0. The van der Waals surface area contributed by atoms with E-state index >= 15 is 0 Å². The van der Waals surface area contributed by atoms with E-state index in [0.29, 0.717) is 25.1 Å². The van der Waals surface area contributed by atoms with Gasteiger partial charge in [-0.2, -0.15) is 0 Å². The van der Waals surface area contributed by atoms with E-state index in [1.807, 2.05) is 6.92 Å². The van der Waals surface area contributed by atoms with Gasteiger partial charge in [0.25, 0.3) is 0 Å². The molecule has 92 valence electrons. The Labute approximate surface area is 94.2 Å². The van der Waals surface area contributed by atoms with Gasteiger partial charge in [0, 0.05) is 19.2 Å². The summed E-state index contributed by atoms with van der Waals surface area (Å²) < 4.78 is 5.30. The van der Waals surface area contributed by atoms with E-state index in [-0.39, 0.29) is 6.10 Å². The van der Waals surface area contributed by atoms with Crippen molar-refractivity contribution < 1.29 is 9.84 Å². The predicted molar refractivity (Wildman–Crippen MR) is 64.0 cm³/mol. The van der Waals surface area contributed by atoms with E-state index in [2.05, 4.69) is 26.1 Å². The molecule has 0 heterocycles. The second kappa shape index (κ2) is 9.13. The first kappa shape index (κ1) is 14.9. The van der Waals surface area contributed by atoms with Crippen LogP contribution in [0.2, 0.25) is 0 Å². The molecule has 0 spiro atoms. The SMILES string of the molecule is CCOCC(C)NCC(O)C(CC)CC. The third-order valence-electron chi connectivity index (χ3n) is 2.84. The number of aliphatic hydroxyl groups excluding tert-OH is 1. The van der Waals surface area contributed by atoms with Crippen LogP contribution in [0.1, 0.15) is 40.5 Å². The van der Waals surface area contributed by atoms with Gasteiger partial charge in [-0.25, -0.2) is 0 Å². The fraction of sp³-hybridized carbons (Fsp3) is 1.00. The molecule has 3 nitrogen and oxygen atoms in total. The molecule has 2 unspecified atom stereocenters. The molecule has 15 heavy (non-hydrogen) atoms. The summed E-state index contributed by atoms with van der Waals surface area (Å²) in [5.74, 6) is 0.414. The summed E-state index contributed by atoms with van der Waals surface area (Å²) in [5, 5.41) is 13.2.